The molecule has 0 heterocycles. The molecule has 0 saturated carbocycles. The number of nitrogens with zero attached hydrogens (tertiary/aromatic N) is 1. The number of hydrogen-bond acceptors (Lipinski definition) is 2. The van der Waals surface area contributed by atoms with Crippen molar-refractivity contribution in [3.05, 3.63) is 14.4 Å². The van der Waals surface area contributed by atoms with Gasteiger partial charge in [-0.1, -0.05) is 12.6 Å². The fourth-order valence-corrected chi connectivity index (χ4v) is 0.156. The van der Waals surface area contributed by atoms with Gasteiger partial charge in [0.2, 0.25) is 0 Å². The fourth-order valence-electron chi connectivity index (χ4n) is 0.156. The minimum atomic E-state index is 0. The van der Waals surface area contributed by atoms with E-state index in [0.29, 0.717) is 5.71 Å². The Hall–Kier alpha value is 0.0283. The molecule has 0 unspecified atom stereocenters. The van der Waals surface area contributed by atoms with Gasteiger partial charge >= 0.3 is 21.1 Å². The normalized spacial score (nSPS) is 8.50. The van der Waals surface area contributed by atoms with Crippen LogP contribution in [-0.2, 0) is 25.9 Å². The largest absolute Gasteiger partial charge is 2.00 e. The Labute approximate surface area is 65.6 Å². The molecule has 8 heavy (non-hydrogen) atoms. The van der Waals surface area contributed by atoms with Crippen molar-refractivity contribution >= 4 is 5.71 Å². The van der Waals surface area contributed by atoms with E-state index in [1.807, 2.05) is 0 Å². The fraction of sp³-hybridized carbons (Fsp3) is 0.400. The van der Waals surface area contributed by atoms with E-state index >= 15 is 0 Å². The zero-order chi connectivity index (χ0) is 4.99. The molecule has 0 aromatic rings. The van der Waals surface area contributed by atoms with Crippen LogP contribution < -0.4 is 0 Å². The van der Waals surface area contributed by atoms with E-state index in [1.54, 1.807) is 6.92 Å². The van der Waals surface area contributed by atoms with Crippen LogP contribution >= 0.6 is 0 Å². The summed E-state index contributed by atoms with van der Waals surface area (Å²) in [6, 6.07) is 0. The molecule has 0 amide bonds. The van der Waals surface area contributed by atoms with Crippen molar-refractivity contribution in [2.75, 3.05) is 7.11 Å². The first-order valence-corrected chi connectivity index (χ1v) is 1.67. The molecule has 0 saturated heterocycles. The summed E-state index contributed by atoms with van der Waals surface area (Å²) in [5.41, 5.74) is 0.692. The predicted octanol–water partition coefficient (Wildman–Crippen LogP) is 1.29. The van der Waals surface area contributed by atoms with Crippen molar-refractivity contribution in [3.8, 4) is 0 Å². The Kier molecular flexibility index (Phi) is 19.8. The van der Waals surface area contributed by atoms with Crippen LogP contribution in [0.3, 0.4) is 0 Å². The smallest absolute Gasteiger partial charge is 0.402 e. The van der Waals surface area contributed by atoms with Gasteiger partial charge in [-0.15, -0.1) is 5.16 Å². The summed E-state index contributed by atoms with van der Waals surface area (Å²) in [5, 5.41) is 3.43. The summed E-state index contributed by atoms with van der Waals surface area (Å²) in [6.07, 6.45) is 0. The van der Waals surface area contributed by atoms with E-state index in [4.69, 9.17) is 0 Å². The first-order chi connectivity index (χ1) is 2.77. The summed E-state index contributed by atoms with van der Waals surface area (Å²) < 4.78 is 0. The van der Waals surface area contributed by atoms with Gasteiger partial charge in [-0.25, -0.2) is 0 Å². The molecule has 0 aliphatic heterocycles. The molecule has 0 aliphatic rings. The van der Waals surface area contributed by atoms with Gasteiger partial charge in [-0.2, -0.15) is 0 Å². The van der Waals surface area contributed by atoms with Crippen LogP contribution in [0.4, 0.5) is 0 Å². The summed E-state index contributed by atoms with van der Waals surface area (Å²) in [5.74, 6) is 0. The Balaban J connectivity index is -0.000000125. The van der Waals surface area contributed by atoms with Crippen LogP contribution in [0.1, 0.15) is 6.92 Å². The number of oxime groups is 1. The average Bonchev–Trinajstić information content (AvgIpc) is 1.35. The maximum Gasteiger partial charge on any atom is 2.00 e. The van der Waals surface area contributed by atoms with Gasteiger partial charge in [0.15, 0.2) is 0 Å². The van der Waals surface area contributed by atoms with Crippen molar-refractivity contribution in [1.29, 1.82) is 0 Å². The molecule has 0 bridgehead atoms. The molecule has 0 fully saturated rings. The van der Waals surface area contributed by atoms with Crippen LogP contribution in [-0.4, -0.2) is 12.8 Å². The standard InChI is InChI=1S/C4H8NO.CH3.W/c1-4(2)5-6-3;;/h1H2,2-3H3;1H3;/q2*-1;+2/b5-4-;;. The van der Waals surface area contributed by atoms with Gasteiger partial charge in [-0.05, 0) is 0 Å². The monoisotopic (exact) mass is 285 g/mol. The molecule has 0 atom stereocenters. The molecule has 2 nitrogen and oxygen atoms in total. The Morgan fingerprint density at radius 3 is 2.00 bits per heavy atom. The van der Waals surface area contributed by atoms with Crippen LogP contribution in [0, 0.1) is 14.4 Å². The minimum absolute atomic E-state index is 0. The van der Waals surface area contributed by atoms with Gasteiger partial charge in [-0.3, -0.25) is 0 Å². The molecular weight excluding hydrogens is 274 g/mol. The first kappa shape index (κ1) is 15.7. The van der Waals surface area contributed by atoms with Crippen molar-refractivity contribution in [1.82, 2.24) is 0 Å². The van der Waals surface area contributed by atoms with Crippen LogP contribution in [0.2, 0.25) is 0 Å². The Bertz CT molecular complexity index is 59.4. The van der Waals surface area contributed by atoms with Crippen molar-refractivity contribution in [2.45, 2.75) is 6.92 Å². The molecule has 0 rings (SSSR count). The Morgan fingerprint density at radius 2 is 2.00 bits per heavy atom. The third-order valence-electron chi connectivity index (χ3n) is 0.247. The topological polar surface area (TPSA) is 21.6 Å². The van der Waals surface area contributed by atoms with Gasteiger partial charge in [0, 0.05) is 0 Å². The summed E-state index contributed by atoms with van der Waals surface area (Å²) in [6.45, 7) is 5.22. The third-order valence-corrected chi connectivity index (χ3v) is 0.247. The van der Waals surface area contributed by atoms with Crippen molar-refractivity contribution in [3.63, 3.8) is 0 Å². The summed E-state index contributed by atoms with van der Waals surface area (Å²) >= 11 is 0. The maximum absolute atomic E-state index is 4.33. The zero-order valence-electron chi connectivity index (χ0n) is 5.47. The molecule has 3 heteroatoms. The molecule has 0 spiro atoms. The molecule has 0 aliphatic carbocycles. The van der Waals surface area contributed by atoms with Gasteiger partial charge < -0.3 is 19.2 Å². The molecule has 0 radical (unpaired) electrons. The van der Waals surface area contributed by atoms with Crippen LogP contribution in [0.15, 0.2) is 5.16 Å². The molecule has 0 N–H and O–H groups in total. The second kappa shape index (κ2) is 10.1. The second-order valence-corrected chi connectivity index (χ2v) is 1.01. The summed E-state index contributed by atoms with van der Waals surface area (Å²) in [7, 11) is 1.49. The number of rotatable bonds is 1. The molecule has 0 aromatic heterocycles. The number of hydrogen-bond donors (Lipinski definition) is 0. The van der Waals surface area contributed by atoms with Crippen LogP contribution in [0.25, 0.3) is 0 Å². The minimum Gasteiger partial charge on any atom is -0.402 e. The van der Waals surface area contributed by atoms with Gasteiger partial charge in [0.05, 0.1) is 0 Å². The average molecular weight is 285 g/mol. The molecular formula is C5H11NOW. The van der Waals surface area contributed by atoms with E-state index in [-0.39, 0.29) is 28.5 Å². The second-order valence-electron chi connectivity index (χ2n) is 1.01. The molecule has 48 valence electrons. The van der Waals surface area contributed by atoms with E-state index < -0.39 is 0 Å². The van der Waals surface area contributed by atoms with E-state index in [1.165, 1.54) is 7.11 Å². The van der Waals surface area contributed by atoms with Gasteiger partial charge in [0.1, 0.15) is 7.11 Å². The SMILES string of the molecule is [CH2-]/C(C)=N/OC.[CH3-].[W+2]. The molecule has 0 aromatic carbocycles. The third kappa shape index (κ3) is 16.6. The maximum atomic E-state index is 4.33. The van der Waals surface area contributed by atoms with Crippen LogP contribution in [0.5, 0.6) is 0 Å². The quantitative estimate of drug-likeness (QED) is 0.404. The zero-order valence-corrected chi connectivity index (χ0v) is 8.40. The van der Waals surface area contributed by atoms with Crippen molar-refractivity contribution < 1.29 is 25.9 Å². The Morgan fingerprint density at radius 1 is 1.62 bits per heavy atom. The van der Waals surface area contributed by atoms with Gasteiger partial charge in [0.25, 0.3) is 0 Å². The summed E-state index contributed by atoms with van der Waals surface area (Å²) in [4.78, 5) is 4.33. The van der Waals surface area contributed by atoms with E-state index in [0.717, 1.165) is 0 Å². The predicted molar refractivity (Wildman–Crippen MR) is 31.9 cm³/mol. The first-order valence-electron chi connectivity index (χ1n) is 1.67. The van der Waals surface area contributed by atoms with E-state index in [9.17, 15) is 0 Å². The van der Waals surface area contributed by atoms with E-state index in [2.05, 4.69) is 16.9 Å². The van der Waals surface area contributed by atoms with Crippen molar-refractivity contribution in [2.24, 2.45) is 5.16 Å².